The molecule has 7 nitrogen and oxygen atoms in total. The average Bonchev–Trinajstić information content (AvgIpc) is 2.60. The maximum atomic E-state index is 12.7. The van der Waals surface area contributed by atoms with Crippen molar-refractivity contribution >= 4 is 22.9 Å². The Hall–Kier alpha value is -2.54. The molecule has 23 heavy (non-hydrogen) atoms. The van der Waals surface area contributed by atoms with Crippen LogP contribution >= 0.6 is 0 Å². The number of nitrogens with zero attached hydrogens (tertiary/aromatic N) is 3. The maximum absolute atomic E-state index is 12.7. The Balaban J connectivity index is 1.91. The largest absolute Gasteiger partial charge is 0.467 e. The number of carbonyl (C=O) groups is 2. The first kappa shape index (κ1) is 15.4. The molecule has 2 aromatic rings. The molecule has 0 radical (unpaired) electrons. The van der Waals surface area contributed by atoms with E-state index in [4.69, 9.17) is 4.74 Å². The molecular formula is C16H17N3O4. The van der Waals surface area contributed by atoms with Crippen LogP contribution in [0.3, 0.4) is 0 Å². The molecule has 120 valence electrons. The molecular weight excluding hydrogens is 298 g/mol. The van der Waals surface area contributed by atoms with Gasteiger partial charge in [-0.2, -0.15) is 0 Å². The highest BCUT2D eigenvalue weighted by Crippen LogP contribution is 2.21. The Morgan fingerprint density at radius 2 is 2.04 bits per heavy atom. The van der Waals surface area contributed by atoms with Crippen molar-refractivity contribution in [3.8, 4) is 0 Å². The number of benzene rings is 1. The fourth-order valence-electron chi connectivity index (χ4n) is 2.76. The maximum Gasteiger partial charge on any atom is 0.328 e. The summed E-state index contributed by atoms with van der Waals surface area (Å²) in [6, 6.07) is 6.45. The smallest absolute Gasteiger partial charge is 0.328 e. The van der Waals surface area contributed by atoms with Crippen LogP contribution in [-0.2, 0) is 9.53 Å². The second-order valence-corrected chi connectivity index (χ2v) is 5.46. The van der Waals surface area contributed by atoms with Gasteiger partial charge in [0.15, 0.2) is 0 Å². The third-order valence-electron chi connectivity index (χ3n) is 3.98. The number of likely N-dealkylation sites (tertiary alicyclic amines) is 1. The Labute approximate surface area is 132 Å². The zero-order chi connectivity index (χ0) is 16.4. The topological polar surface area (TPSA) is 92.6 Å². The van der Waals surface area contributed by atoms with Gasteiger partial charge in [0.2, 0.25) is 0 Å². The minimum atomic E-state index is -0.801. The van der Waals surface area contributed by atoms with Gasteiger partial charge in [0.05, 0.1) is 30.4 Å². The summed E-state index contributed by atoms with van der Waals surface area (Å²) in [4.78, 5) is 34.6. The van der Waals surface area contributed by atoms with E-state index < -0.39 is 18.1 Å². The highest BCUT2D eigenvalue weighted by molar-refractivity contribution is 5.96. The molecule has 1 aliphatic rings. The van der Waals surface area contributed by atoms with E-state index in [-0.39, 0.29) is 24.6 Å². The van der Waals surface area contributed by atoms with Crippen LogP contribution in [-0.4, -0.2) is 57.7 Å². The van der Waals surface area contributed by atoms with Crippen molar-refractivity contribution in [2.24, 2.45) is 0 Å². The first-order valence-corrected chi connectivity index (χ1v) is 7.39. The Morgan fingerprint density at radius 3 is 2.78 bits per heavy atom. The number of rotatable bonds is 2. The van der Waals surface area contributed by atoms with Crippen LogP contribution in [0.2, 0.25) is 0 Å². The van der Waals surface area contributed by atoms with Crippen molar-refractivity contribution in [3.05, 3.63) is 36.2 Å². The number of amides is 1. The molecule has 0 aliphatic carbocycles. The van der Waals surface area contributed by atoms with Gasteiger partial charge in [-0.15, -0.1) is 0 Å². The molecule has 1 saturated heterocycles. The Morgan fingerprint density at radius 1 is 1.30 bits per heavy atom. The van der Waals surface area contributed by atoms with Gasteiger partial charge in [0.1, 0.15) is 11.7 Å². The molecule has 2 atom stereocenters. The number of hydrogen-bond acceptors (Lipinski definition) is 6. The van der Waals surface area contributed by atoms with Crippen LogP contribution < -0.4 is 0 Å². The Kier molecular flexibility index (Phi) is 4.20. The van der Waals surface area contributed by atoms with Crippen molar-refractivity contribution in [1.82, 2.24) is 14.9 Å². The molecule has 1 amide bonds. The minimum Gasteiger partial charge on any atom is -0.467 e. The van der Waals surface area contributed by atoms with Gasteiger partial charge in [-0.1, -0.05) is 12.1 Å². The molecule has 3 rings (SSSR count). The first-order chi connectivity index (χ1) is 11.1. The minimum absolute atomic E-state index is 0.166. The van der Waals surface area contributed by atoms with Crippen molar-refractivity contribution in [2.45, 2.75) is 25.0 Å². The van der Waals surface area contributed by atoms with Crippen molar-refractivity contribution in [3.63, 3.8) is 0 Å². The molecule has 1 aromatic heterocycles. The van der Waals surface area contributed by atoms with E-state index in [1.54, 1.807) is 6.07 Å². The summed E-state index contributed by atoms with van der Waals surface area (Å²) in [6.45, 7) is 0.272. The number of carbonyl (C=O) groups excluding carboxylic acids is 2. The number of aliphatic hydroxyl groups is 1. The highest BCUT2D eigenvalue weighted by Gasteiger charge is 2.37. The number of aliphatic hydroxyl groups excluding tert-OH is 1. The van der Waals surface area contributed by atoms with E-state index >= 15 is 0 Å². The van der Waals surface area contributed by atoms with E-state index in [1.807, 2.05) is 18.2 Å². The van der Waals surface area contributed by atoms with E-state index in [2.05, 4.69) is 9.97 Å². The quantitative estimate of drug-likeness (QED) is 0.823. The van der Waals surface area contributed by atoms with Crippen LogP contribution in [0.1, 0.15) is 23.3 Å². The van der Waals surface area contributed by atoms with Crippen LogP contribution in [0.25, 0.3) is 11.0 Å². The first-order valence-electron chi connectivity index (χ1n) is 7.39. The summed E-state index contributed by atoms with van der Waals surface area (Å²) < 4.78 is 4.74. The zero-order valence-electron chi connectivity index (χ0n) is 12.7. The zero-order valence-corrected chi connectivity index (χ0v) is 12.7. The lowest BCUT2D eigenvalue weighted by atomic mass is 9.99. The van der Waals surface area contributed by atoms with Crippen molar-refractivity contribution < 1.29 is 19.4 Å². The molecule has 7 heteroatoms. The normalized spacial score (nSPS) is 21.2. The molecule has 1 aliphatic heterocycles. The summed E-state index contributed by atoms with van der Waals surface area (Å²) in [7, 11) is 1.27. The SMILES string of the molecule is COC(=O)[C@@H]1C[C@H](O)CCN1C(=O)c1cnc2ccccc2n1. The van der Waals surface area contributed by atoms with E-state index in [9.17, 15) is 14.7 Å². The van der Waals surface area contributed by atoms with Gasteiger partial charge in [-0.05, 0) is 18.6 Å². The fourth-order valence-corrected chi connectivity index (χ4v) is 2.76. The molecule has 1 N–H and O–H groups in total. The Bertz CT molecular complexity index is 749. The van der Waals surface area contributed by atoms with Gasteiger partial charge in [0.25, 0.3) is 5.91 Å². The molecule has 0 saturated carbocycles. The van der Waals surface area contributed by atoms with Crippen LogP contribution in [0.4, 0.5) is 0 Å². The summed E-state index contributed by atoms with van der Waals surface area (Å²) in [5.74, 6) is -0.920. The number of piperidine rings is 1. The highest BCUT2D eigenvalue weighted by atomic mass is 16.5. The van der Waals surface area contributed by atoms with Gasteiger partial charge in [0, 0.05) is 13.0 Å². The van der Waals surface area contributed by atoms with E-state index in [0.717, 1.165) is 0 Å². The third kappa shape index (κ3) is 3.00. The monoisotopic (exact) mass is 315 g/mol. The summed E-state index contributed by atoms with van der Waals surface area (Å²) in [6.07, 6.45) is 1.37. The lowest BCUT2D eigenvalue weighted by Gasteiger charge is -2.35. The number of para-hydroxylation sites is 2. The second-order valence-electron chi connectivity index (χ2n) is 5.46. The van der Waals surface area contributed by atoms with Gasteiger partial charge >= 0.3 is 5.97 Å². The molecule has 2 heterocycles. The summed E-state index contributed by atoms with van der Waals surface area (Å²) in [5.41, 5.74) is 1.49. The number of esters is 1. The van der Waals surface area contributed by atoms with Crippen LogP contribution in [0.15, 0.2) is 30.5 Å². The lowest BCUT2D eigenvalue weighted by Crippen LogP contribution is -2.52. The van der Waals surface area contributed by atoms with E-state index in [1.165, 1.54) is 18.2 Å². The fraction of sp³-hybridized carbons (Fsp3) is 0.375. The number of fused-ring (bicyclic) bond motifs is 1. The standard InChI is InChI=1S/C16H17N3O4/c1-23-16(22)14-8-10(20)6-7-19(14)15(21)13-9-17-11-4-2-3-5-12(11)18-13/h2-5,9-10,14,20H,6-8H2,1H3/t10-,14+/m1/s1. The predicted molar refractivity (Wildman–Crippen MR) is 81.6 cm³/mol. The number of hydrogen-bond donors (Lipinski definition) is 1. The molecule has 0 unspecified atom stereocenters. The van der Waals surface area contributed by atoms with Crippen LogP contribution in [0, 0.1) is 0 Å². The molecule has 1 fully saturated rings. The van der Waals surface area contributed by atoms with Gasteiger partial charge < -0.3 is 14.7 Å². The van der Waals surface area contributed by atoms with Crippen molar-refractivity contribution in [2.75, 3.05) is 13.7 Å². The third-order valence-corrected chi connectivity index (χ3v) is 3.98. The lowest BCUT2D eigenvalue weighted by molar-refractivity contribution is -0.148. The number of ether oxygens (including phenoxy) is 1. The predicted octanol–water partition coefficient (Wildman–Crippen LogP) is 0.768. The summed E-state index contributed by atoms with van der Waals surface area (Å²) >= 11 is 0. The number of methoxy groups -OCH3 is 1. The molecule has 1 aromatic carbocycles. The average molecular weight is 315 g/mol. The van der Waals surface area contributed by atoms with Crippen molar-refractivity contribution in [1.29, 1.82) is 0 Å². The molecule has 0 spiro atoms. The summed E-state index contributed by atoms with van der Waals surface area (Å²) in [5, 5.41) is 9.76. The second kappa shape index (κ2) is 6.29. The van der Waals surface area contributed by atoms with E-state index in [0.29, 0.717) is 17.5 Å². The van der Waals surface area contributed by atoms with Gasteiger partial charge in [-0.25, -0.2) is 9.78 Å². The molecule has 0 bridgehead atoms. The van der Waals surface area contributed by atoms with Crippen LogP contribution in [0.5, 0.6) is 0 Å². The van der Waals surface area contributed by atoms with Gasteiger partial charge in [-0.3, -0.25) is 9.78 Å². The number of aromatic nitrogens is 2.